The van der Waals surface area contributed by atoms with Gasteiger partial charge in [0.15, 0.2) is 0 Å². The molecule has 0 unspecified atom stereocenters. The van der Waals surface area contributed by atoms with E-state index >= 15 is 0 Å². The second-order valence-corrected chi connectivity index (χ2v) is 6.59. The molecule has 0 bridgehead atoms. The third-order valence-electron chi connectivity index (χ3n) is 4.98. The highest BCUT2D eigenvalue weighted by Crippen LogP contribution is 2.31. The predicted octanol–water partition coefficient (Wildman–Crippen LogP) is 3.37. The molecule has 0 radical (unpaired) electrons. The molecule has 8 nitrogen and oxygen atoms in total. The molecule has 1 aliphatic rings. The summed E-state index contributed by atoms with van der Waals surface area (Å²) in [6, 6.07) is 7.00. The fourth-order valence-electron chi connectivity index (χ4n) is 3.38. The van der Waals surface area contributed by atoms with Crippen molar-refractivity contribution in [3.05, 3.63) is 48.2 Å². The van der Waals surface area contributed by atoms with Gasteiger partial charge in [-0.1, -0.05) is 0 Å². The lowest BCUT2D eigenvalue weighted by Crippen LogP contribution is -2.38. The SMILES string of the molecule is COc1ccc(C(=O)N2CCC(c3nnc(-c4ccoc4)o3)CC2)c(OC)c1. The number of carbonyl (C=O) groups is 1. The normalized spacial score (nSPS) is 14.9. The third-order valence-corrected chi connectivity index (χ3v) is 4.98. The second-order valence-electron chi connectivity index (χ2n) is 6.59. The lowest BCUT2D eigenvalue weighted by Gasteiger charge is -2.30. The average molecular weight is 383 g/mol. The summed E-state index contributed by atoms with van der Waals surface area (Å²) in [4.78, 5) is 14.8. The molecular weight excluding hydrogens is 362 g/mol. The quantitative estimate of drug-likeness (QED) is 0.667. The average Bonchev–Trinajstić information content (AvgIpc) is 3.44. The van der Waals surface area contributed by atoms with E-state index in [4.69, 9.17) is 18.3 Å². The molecule has 1 amide bonds. The first-order valence-electron chi connectivity index (χ1n) is 9.07. The van der Waals surface area contributed by atoms with Gasteiger partial charge in [0, 0.05) is 25.1 Å². The highest BCUT2D eigenvalue weighted by molar-refractivity contribution is 5.97. The maximum Gasteiger partial charge on any atom is 0.257 e. The zero-order chi connectivity index (χ0) is 19.5. The van der Waals surface area contributed by atoms with E-state index in [2.05, 4.69) is 10.2 Å². The number of amides is 1. The van der Waals surface area contributed by atoms with Crippen LogP contribution < -0.4 is 9.47 Å². The van der Waals surface area contributed by atoms with Crippen molar-refractivity contribution in [1.82, 2.24) is 15.1 Å². The molecule has 146 valence electrons. The molecule has 1 fully saturated rings. The minimum absolute atomic E-state index is 0.0532. The Balaban J connectivity index is 1.42. The first-order valence-corrected chi connectivity index (χ1v) is 9.07. The number of hydrogen-bond acceptors (Lipinski definition) is 7. The summed E-state index contributed by atoms with van der Waals surface area (Å²) in [7, 11) is 3.13. The maximum absolute atomic E-state index is 12.9. The second kappa shape index (κ2) is 7.75. The van der Waals surface area contributed by atoms with Gasteiger partial charge < -0.3 is 23.2 Å². The molecule has 0 atom stereocenters. The minimum Gasteiger partial charge on any atom is -0.497 e. The summed E-state index contributed by atoms with van der Waals surface area (Å²) < 4.78 is 21.4. The standard InChI is InChI=1S/C20H21N3O5/c1-25-15-3-4-16(17(11-15)26-2)20(24)23-8-5-13(6-9-23)18-21-22-19(28-18)14-7-10-27-12-14/h3-4,7,10-13H,5-6,8-9H2,1-2H3. The fraction of sp³-hybridized carbons (Fsp3) is 0.350. The molecule has 0 aliphatic carbocycles. The highest BCUT2D eigenvalue weighted by Gasteiger charge is 2.29. The number of carbonyl (C=O) groups excluding carboxylic acids is 1. The Morgan fingerprint density at radius 3 is 2.64 bits per heavy atom. The van der Waals surface area contributed by atoms with Crippen LogP contribution in [0.2, 0.25) is 0 Å². The van der Waals surface area contributed by atoms with Gasteiger partial charge in [-0.3, -0.25) is 4.79 Å². The number of furan rings is 1. The van der Waals surface area contributed by atoms with Crippen LogP contribution >= 0.6 is 0 Å². The largest absolute Gasteiger partial charge is 0.497 e. The predicted molar refractivity (Wildman–Crippen MR) is 99.4 cm³/mol. The molecule has 4 rings (SSSR count). The van der Waals surface area contributed by atoms with Crippen molar-refractivity contribution >= 4 is 5.91 Å². The van der Waals surface area contributed by atoms with Crippen molar-refractivity contribution in [2.75, 3.05) is 27.3 Å². The number of piperidine rings is 1. The fourth-order valence-corrected chi connectivity index (χ4v) is 3.38. The maximum atomic E-state index is 12.9. The Hall–Kier alpha value is -3.29. The molecule has 0 N–H and O–H groups in total. The zero-order valence-corrected chi connectivity index (χ0v) is 15.8. The summed E-state index contributed by atoms with van der Waals surface area (Å²) in [5, 5.41) is 8.26. The van der Waals surface area contributed by atoms with E-state index in [1.54, 1.807) is 51.0 Å². The van der Waals surface area contributed by atoms with E-state index in [1.165, 1.54) is 0 Å². The Bertz CT molecular complexity index is 943. The minimum atomic E-state index is -0.0532. The van der Waals surface area contributed by atoms with Gasteiger partial charge in [0.05, 0.1) is 31.6 Å². The molecule has 8 heteroatoms. The molecule has 2 aromatic heterocycles. The summed E-state index contributed by atoms with van der Waals surface area (Å²) in [5.74, 6) is 2.29. The molecule has 3 heterocycles. The molecular formula is C20H21N3O5. The van der Waals surface area contributed by atoms with Crippen LogP contribution in [0.3, 0.4) is 0 Å². The number of ether oxygens (including phenoxy) is 2. The molecule has 28 heavy (non-hydrogen) atoms. The van der Waals surface area contributed by atoms with Gasteiger partial charge >= 0.3 is 0 Å². The Labute approximate surface area is 162 Å². The van der Waals surface area contributed by atoms with Gasteiger partial charge in [0.1, 0.15) is 17.8 Å². The Morgan fingerprint density at radius 2 is 1.96 bits per heavy atom. The van der Waals surface area contributed by atoms with Crippen molar-refractivity contribution in [1.29, 1.82) is 0 Å². The Morgan fingerprint density at radius 1 is 1.14 bits per heavy atom. The number of benzene rings is 1. The van der Waals surface area contributed by atoms with Gasteiger partial charge in [-0.25, -0.2) is 0 Å². The topological polar surface area (TPSA) is 90.8 Å². The van der Waals surface area contributed by atoms with Crippen molar-refractivity contribution in [2.45, 2.75) is 18.8 Å². The number of aromatic nitrogens is 2. The van der Waals surface area contributed by atoms with E-state index in [-0.39, 0.29) is 11.8 Å². The van der Waals surface area contributed by atoms with Crippen LogP contribution in [0.4, 0.5) is 0 Å². The molecule has 1 aromatic carbocycles. The van der Waals surface area contributed by atoms with Crippen molar-refractivity contribution in [2.24, 2.45) is 0 Å². The number of hydrogen-bond donors (Lipinski definition) is 0. The summed E-state index contributed by atoms with van der Waals surface area (Å²) >= 11 is 0. The van der Waals surface area contributed by atoms with Crippen LogP contribution in [0.5, 0.6) is 11.5 Å². The molecule has 0 spiro atoms. The van der Waals surface area contributed by atoms with E-state index < -0.39 is 0 Å². The molecule has 3 aromatic rings. The monoisotopic (exact) mass is 383 g/mol. The van der Waals surface area contributed by atoms with E-state index in [0.29, 0.717) is 41.9 Å². The van der Waals surface area contributed by atoms with E-state index in [9.17, 15) is 4.79 Å². The van der Waals surface area contributed by atoms with Crippen molar-refractivity contribution in [3.8, 4) is 23.0 Å². The van der Waals surface area contributed by atoms with Crippen LogP contribution in [-0.2, 0) is 0 Å². The first-order chi connectivity index (χ1) is 13.7. The van der Waals surface area contributed by atoms with Crippen LogP contribution in [0.15, 0.2) is 45.6 Å². The summed E-state index contributed by atoms with van der Waals surface area (Å²) in [6.45, 7) is 1.23. The van der Waals surface area contributed by atoms with Gasteiger partial charge in [-0.15, -0.1) is 10.2 Å². The number of likely N-dealkylation sites (tertiary alicyclic amines) is 1. The van der Waals surface area contributed by atoms with E-state index in [0.717, 1.165) is 18.4 Å². The summed E-state index contributed by atoms with van der Waals surface area (Å²) in [5.41, 5.74) is 1.29. The van der Waals surface area contributed by atoms with E-state index in [1.807, 2.05) is 4.90 Å². The van der Waals surface area contributed by atoms with Crippen molar-refractivity contribution in [3.63, 3.8) is 0 Å². The molecule has 0 saturated carbocycles. The number of methoxy groups -OCH3 is 2. The number of nitrogens with zero attached hydrogens (tertiary/aromatic N) is 3. The van der Waals surface area contributed by atoms with Crippen LogP contribution in [0, 0.1) is 0 Å². The van der Waals surface area contributed by atoms with Crippen LogP contribution in [-0.4, -0.2) is 48.3 Å². The van der Waals surface area contributed by atoms with Crippen LogP contribution in [0.1, 0.15) is 35.0 Å². The summed E-state index contributed by atoms with van der Waals surface area (Å²) in [6.07, 6.45) is 4.66. The molecule has 1 saturated heterocycles. The van der Waals surface area contributed by atoms with Gasteiger partial charge in [-0.2, -0.15) is 0 Å². The van der Waals surface area contributed by atoms with Gasteiger partial charge in [0.2, 0.25) is 5.89 Å². The Kier molecular flexibility index (Phi) is 5.01. The lowest BCUT2D eigenvalue weighted by molar-refractivity contribution is 0.0703. The van der Waals surface area contributed by atoms with Crippen molar-refractivity contribution < 1.29 is 23.1 Å². The van der Waals surface area contributed by atoms with Gasteiger partial charge in [-0.05, 0) is 31.0 Å². The van der Waals surface area contributed by atoms with Gasteiger partial charge in [0.25, 0.3) is 11.8 Å². The van der Waals surface area contributed by atoms with Crippen LogP contribution in [0.25, 0.3) is 11.5 Å². The lowest BCUT2D eigenvalue weighted by atomic mass is 9.96. The number of rotatable bonds is 5. The zero-order valence-electron chi connectivity index (χ0n) is 15.8. The third kappa shape index (κ3) is 3.45. The highest BCUT2D eigenvalue weighted by atomic mass is 16.5. The first kappa shape index (κ1) is 18.1. The smallest absolute Gasteiger partial charge is 0.257 e. The molecule has 1 aliphatic heterocycles.